The molecule has 0 unspecified atom stereocenters. The van der Waals surface area contributed by atoms with Crippen LogP contribution < -0.4 is 26.2 Å². The van der Waals surface area contributed by atoms with Crippen LogP contribution in [-0.4, -0.2) is 14.5 Å². The molecular weight excluding hydrogens is 365 g/mol. The lowest BCUT2D eigenvalue weighted by atomic mass is 10.1. The lowest BCUT2D eigenvalue weighted by molar-refractivity contribution is 0.0254. The minimum atomic E-state index is -0.452. The second kappa shape index (κ2) is 7.28. The molecule has 0 bridgehead atoms. The maximum atomic E-state index is 14.2. The Morgan fingerprint density at radius 2 is 2.07 bits per heavy atom. The van der Waals surface area contributed by atoms with Gasteiger partial charge in [0.25, 0.3) is 5.56 Å². The van der Waals surface area contributed by atoms with E-state index in [1.165, 1.54) is 22.9 Å². The third kappa shape index (κ3) is 3.05. The summed E-state index contributed by atoms with van der Waals surface area (Å²) in [6.45, 7) is 4.22. The standard InChI is InChI=1S/C19H18FN5O3/c1-3-25-18(26)13(12-8-21-7-6-11(12)2)9-22-19(25)23-10-14-15(20)4-5-16-17(14)28-24-27-16/h4-9,24H,3,10H2,1-2H3,(H,22,23). The summed E-state index contributed by atoms with van der Waals surface area (Å²) >= 11 is 0. The first-order valence-electron chi connectivity index (χ1n) is 8.75. The fourth-order valence-corrected chi connectivity index (χ4v) is 3.07. The lowest BCUT2D eigenvalue weighted by Crippen LogP contribution is -2.25. The Bertz CT molecular complexity index is 1100. The number of anilines is 1. The quantitative estimate of drug-likeness (QED) is 0.700. The van der Waals surface area contributed by atoms with Gasteiger partial charge in [-0.15, -0.1) is 0 Å². The molecule has 0 fully saturated rings. The summed E-state index contributed by atoms with van der Waals surface area (Å²) in [5.41, 5.74) is 4.45. The zero-order valence-electron chi connectivity index (χ0n) is 15.3. The highest BCUT2D eigenvalue weighted by Crippen LogP contribution is 2.35. The highest BCUT2D eigenvalue weighted by atomic mass is 19.1. The molecule has 8 nitrogen and oxygen atoms in total. The van der Waals surface area contributed by atoms with Gasteiger partial charge in [0.15, 0.2) is 5.75 Å². The maximum absolute atomic E-state index is 14.2. The smallest absolute Gasteiger partial charge is 0.262 e. The molecule has 1 aromatic carbocycles. The van der Waals surface area contributed by atoms with Crippen LogP contribution in [0.2, 0.25) is 0 Å². The van der Waals surface area contributed by atoms with Crippen LogP contribution in [0.4, 0.5) is 10.3 Å². The van der Waals surface area contributed by atoms with E-state index in [0.717, 1.165) is 11.1 Å². The molecule has 2 N–H and O–H groups in total. The normalized spacial score (nSPS) is 12.2. The summed E-state index contributed by atoms with van der Waals surface area (Å²) in [4.78, 5) is 31.6. The number of hydrogen-bond acceptors (Lipinski definition) is 7. The molecule has 144 valence electrons. The number of aryl methyl sites for hydroxylation is 1. The molecule has 0 saturated carbocycles. The first kappa shape index (κ1) is 17.9. The van der Waals surface area contributed by atoms with Gasteiger partial charge >= 0.3 is 0 Å². The van der Waals surface area contributed by atoms with Gasteiger partial charge in [-0.1, -0.05) is 0 Å². The van der Waals surface area contributed by atoms with Gasteiger partial charge in [-0.05, 0) is 37.6 Å². The second-order valence-corrected chi connectivity index (χ2v) is 6.23. The summed E-state index contributed by atoms with van der Waals surface area (Å²) in [7, 11) is 0. The molecule has 0 aliphatic carbocycles. The lowest BCUT2D eigenvalue weighted by Gasteiger charge is -2.15. The average Bonchev–Trinajstić information content (AvgIpc) is 3.17. The first-order chi connectivity index (χ1) is 13.6. The van der Waals surface area contributed by atoms with Crippen molar-refractivity contribution >= 4 is 5.95 Å². The number of hydrogen-bond donors (Lipinski definition) is 2. The van der Waals surface area contributed by atoms with Gasteiger partial charge in [-0.2, -0.15) is 0 Å². The van der Waals surface area contributed by atoms with Crippen molar-refractivity contribution in [2.24, 2.45) is 0 Å². The van der Waals surface area contributed by atoms with Crippen molar-refractivity contribution < 1.29 is 14.1 Å². The SMILES string of the molecule is CCn1c(NCc2c(F)ccc3c2ONO3)ncc(-c2cnccc2C)c1=O. The highest BCUT2D eigenvalue weighted by Gasteiger charge is 2.22. The molecule has 0 saturated heterocycles. The Morgan fingerprint density at radius 3 is 2.86 bits per heavy atom. The van der Waals surface area contributed by atoms with E-state index in [4.69, 9.17) is 9.68 Å². The van der Waals surface area contributed by atoms with Gasteiger partial charge in [-0.3, -0.25) is 14.3 Å². The monoisotopic (exact) mass is 383 g/mol. The predicted octanol–water partition coefficient (Wildman–Crippen LogP) is 2.58. The Morgan fingerprint density at radius 1 is 1.21 bits per heavy atom. The van der Waals surface area contributed by atoms with Gasteiger partial charge in [0, 0.05) is 42.9 Å². The van der Waals surface area contributed by atoms with Crippen LogP contribution >= 0.6 is 0 Å². The first-order valence-corrected chi connectivity index (χ1v) is 8.75. The Balaban J connectivity index is 1.67. The molecule has 28 heavy (non-hydrogen) atoms. The zero-order chi connectivity index (χ0) is 19.7. The van der Waals surface area contributed by atoms with E-state index in [-0.39, 0.29) is 23.4 Å². The average molecular weight is 383 g/mol. The number of halogens is 1. The highest BCUT2D eigenvalue weighted by molar-refractivity contribution is 5.65. The van der Waals surface area contributed by atoms with Gasteiger partial charge in [0.05, 0.1) is 11.1 Å². The molecule has 3 heterocycles. The van der Waals surface area contributed by atoms with E-state index in [9.17, 15) is 9.18 Å². The van der Waals surface area contributed by atoms with E-state index in [1.54, 1.807) is 12.4 Å². The molecule has 0 atom stereocenters. The molecule has 3 aromatic rings. The Hall–Kier alpha value is -3.46. The Labute approximate surface area is 159 Å². The van der Waals surface area contributed by atoms with Crippen molar-refractivity contribution in [3.8, 4) is 22.6 Å². The fraction of sp³-hybridized carbons (Fsp3) is 0.211. The third-order valence-electron chi connectivity index (χ3n) is 4.58. The van der Waals surface area contributed by atoms with E-state index in [1.807, 2.05) is 19.9 Å². The minimum Gasteiger partial charge on any atom is -0.370 e. The maximum Gasteiger partial charge on any atom is 0.262 e. The van der Waals surface area contributed by atoms with Crippen molar-refractivity contribution in [3.05, 3.63) is 64.1 Å². The van der Waals surface area contributed by atoms with Gasteiger partial charge < -0.3 is 15.0 Å². The largest absolute Gasteiger partial charge is 0.370 e. The zero-order valence-corrected chi connectivity index (χ0v) is 15.3. The number of rotatable bonds is 5. The van der Waals surface area contributed by atoms with Crippen molar-refractivity contribution in [2.45, 2.75) is 26.9 Å². The van der Waals surface area contributed by atoms with E-state index in [2.05, 4.69) is 20.9 Å². The molecule has 9 heteroatoms. The molecule has 1 aliphatic rings. The number of benzene rings is 1. The molecule has 0 spiro atoms. The van der Waals surface area contributed by atoms with Crippen LogP contribution in [0, 0.1) is 12.7 Å². The fourth-order valence-electron chi connectivity index (χ4n) is 3.07. The van der Waals surface area contributed by atoms with E-state index < -0.39 is 5.82 Å². The third-order valence-corrected chi connectivity index (χ3v) is 4.58. The Kier molecular flexibility index (Phi) is 4.66. The molecular formula is C19H18FN5O3. The van der Waals surface area contributed by atoms with E-state index >= 15 is 0 Å². The topological polar surface area (TPSA) is 90.3 Å². The second-order valence-electron chi connectivity index (χ2n) is 6.23. The summed E-state index contributed by atoms with van der Waals surface area (Å²) in [6, 6.07) is 4.60. The summed E-state index contributed by atoms with van der Waals surface area (Å²) in [6.07, 6.45) is 4.83. The minimum absolute atomic E-state index is 0.0672. The van der Waals surface area contributed by atoms with Crippen LogP contribution in [0.15, 0.2) is 41.6 Å². The van der Waals surface area contributed by atoms with Gasteiger partial charge in [-0.25, -0.2) is 9.37 Å². The van der Waals surface area contributed by atoms with Crippen LogP contribution in [0.5, 0.6) is 11.5 Å². The summed E-state index contributed by atoms with van der Waals surface area (Å²) in [5, 5.41) is 3.02. The molecule has 4 rings (SSSR count). The van der Waals surface area contributed by atoms with Crippen molar-refractivity contribution in [2.75, 3.05) is 5.32 Å². The molecule has 0 amide bonds. The van der Waals surface area contributed by atoms with Crippen LogP contribution in [-0.2, 0) is 13.1 Å². The molecule has 1 aliphatic heterocycles. The van der Waals surface area contributed by atoms with Crippen molar-refractivity contribution in [1.29, 1.82) is 0 Å². The van der Waals surface area contributed by atoms with E-state index in [0.29, 0.717) is 23.8 Å². The number of nitrogens with zero attached hydrogens (tertiary/aromatic N) is 3. The van der Waals surface area contributed by atoms with Crippen LogP contribution in [0.25, 0.3) is 11.1 Å². The molecule has 2 aromatic heterocycles. The number of nitrogens with one attached hydrogen (secondary N) is 2. The van der Waals surface area contributed by atoms with Crippen molar-refractivity contribution in [3.63, 3.8) is 0 Å². The molecule has 0 radical (unpaired) electrons. The van der Waals surface area contributed by atoms with Crippen LogP contribution in [0.3, 0.4) is 0 Å². The summed E-state index contributed by atoms with van der Waals surface area (Å²) in [5.74, 6) is 0.537. The number of fused-ring (bicyclic) bond motifs is 1. The van der Waals surface area contributed by atoms with Gasteiger partial charge in [0.1, 0.15) is 5.82 Å². The number of pyridine rings is 1. The van der Waals surface area contributed by atoms with Gasteiger partial charge in [0.2, 0.25) is 11.7 Å². The summed E-state index contributed by atoms with van der Waals surface area (Å²) < 4.78 is 15.7. The van der Waals surface area contributed by atoms with Crippen LogP contribution in [0.1, 0.15) is 18.1 Å². The predicted molar refractivity (Wildman–Crippen MR) is 100 cm³/mol. The van der Waals surface area contributed by atoms with Crippen molar-refractivity contribution in [1.82, 2.24) is 20.2 Å². The number of aromatic nitrogens is 3.